The van der Waals surface area contributed by atoms with Crippen molar-refractivity contribution in [1.29, 1.82) is 0 Å². The molecule has 0 atom stereocenters. The summed E-state index contributed by atoms with van der Waals surface area (Å²) in [7, 11) is 0. The minimum absolute atomic E-state index is 0.860. The van der Waals surface area contributed by atoms with E-state index < -0.39 is 0 Å². The second-order valence-corrected chi connectivity index (χ2v) is 13.0. The molecular formula is C50H35N3. The molecule has 1 heterocycles. The highest BCUT2D eigenvalue weighted by molar-refractivity contribution is 5.91. The third-order valence-electron chi connectivity index (χ3n) is 9.70. The van der Waals surface area contributed by atoms with Crippen LogP contribution in [0, 0.1) is 0 Å². The fourth-order valence-electron chi connectivity index (χ4n) is 7.01. The lowest BCUT2D eigenvalue weighted by atomic mass is 9.98. The molecule has 3 heteroatoms. The molecule has 0 spiro atoms. The number of rotatable bonds is 8. The average molecular weight is 678 g/mol. The second-order valence-electron chi connectivity index (χ2n) is 13.0. The zero-order valence-corrected chi connectivity index (χ0v) is 29.0. The first-order valence-corrected chi connectivity index (χ1v) is 17.9. The molecule has 0 amide bonds. The lowest BCUT2D eigenvalue weighted by Crippen LogP contribution is -2.11. The molecule has 0 bridgehead atoms. The minimum Gasteiger partial charge on any atom is -0.310 e. The predicted octanol–water partition coefficient (Wildman–Crippen LogP) is 13.4. The minimum atomic E-state index is 0.860. The Hall–Kier alpha value is -7.10. The summed E-state index contributed by atoms with van der Waals surface area (Å²) < 4.78 is 0. The van der Waals surface area contributed by atoms with E-state index in [1.54, 1.807) is 0 Å². The smallest absolute Gasteiger partial charge is 0.0973 e. The second kappa shape index (κ2) is 14.3. The maximum atomic E-state index is 5.16. The van der Waals surface area contributed by atoms with Crippen molar-refractivity contribution in [3.05, 3.63) is 212 Å². The molecule has 8 aromatic carbocycles. The highest BCUT2D eigenvalue weighted by atomic mass is 15.1. The molecule has 0 aliphatic heterocycles. The van der Waals surface area contributed by atoms with Crippen LogP contribution in [0.3, 0.4) is 0 Å². The van der Waals surface area contributed by atoms with Crippen LogP contribution in [0.5, 0.6) is 0 Å². The Balaban J connectivity index is 1.16. The number of para-hydroxylation sites is 3. The van der Waals surface area contributed by atoms with Gasteiger partial charge in [0.25, 0.3) is 0 Å². The molecule has 9 aromatic rings. The van der Waals surface area contributed by atoms with E-state index in [4.69, 9.17) is 9.97 Å². The molecule has 0 N–H and O–H groups in total. The van der Waals surface area contributed by atoms with Gasteiger partial charge >= 0.3 is 0 Å². The molecule has 53 heavy (non-hydrogen) atoms. The van der Waals surface area contributed by atoms with Crippen molar-refractivity contribution in [1.82, 2.24) is 9.97 Å². The number of anilines is 3. The molecule has 0 fully saturated rings. The molecule has 0 radical (unpaired) electrons. The van der Waals surface area contributed by atoms with Crippen molar-refractivity contribution in [2.75, 3.05) is 4.90 Å². The van der Waals surface area contributed by atoms with E-state index in [0.717, 1.165) is 61.7 Å². The summed E-state index contributed by atoms with van der Waals surface area (Å²) in [5, 5.41) is 0. The molecule has 3 nitrogen and oxygen atoms in total. The van der Waals surface area contributed by atoms with Crippen molar-refractivity contribution in [3.8, 4) is 55.9 Å². The first-order valence-electron chi connectivity index (χ1n) is 17.9. The van der Waals surface area contributed by atoms with Crippen LogP contribution < -0.4 is 4.90 Å². The predicted molar refractivity (Wildman–Crippen MR) is 221 cm³/mol. The summed E-state index contributed by atoms with van der Waals surface area (Å²) in [4.78, 5) is 12.6. The number of hydrogen-bond donors (Lipinski definition) is 0. The molecule has 0 saturated heterocycles. The number of aromatic nitrogens is 2. The standard InChI is InChI=1S/C50H35N3/c1-4-14-36(15-5-1)38-24-26-40(27-25-38)45-20-10-13-23-48(45)53(43-32-28-39(29-33-43)37-16-6-2-7-17-37)44-34-30-42(31-35-44)50-49(41-18-8-3-9-19-41)51-46-21-11-12-22-47(46)52-50/h1-35H. The number of benzene rings is 8. The zero-order valence-electron chi connectivity index (χ0n) is 29.0. The van der Waals surface area contributed by atoms with Gasteiger partial charge in [0.1, 0.15) is 0 Å². The van der Waals surface area contributed by atoms with Gasteiger partial charge in [0.05, 0.1) is 28.1 Å². The largest absolute Gasteiger partial charge is 0.310 e. The van der Waals surface area contributed by atoms with E-state index >= 15 is 0 Å². The first kappa shape index (κ1) is 31.9. The summed E-state index contributed by atoms with van der Waals surface area (Å²) in [6.45, 7) is 0. The van der Waals surface area contributed by atoms with Crippen molar-refractivity contribution < 1.29 is 0 Å². The van der Waals surface area contributed by atoms with Gasteiger partial charge in [-0.3, -0.25) is 0 Å². The molecule has 0 aliphatic rings. The van der Waals surface area contributed by atoms with Crippen LogP contribution in [0.1, 0.15) is 0 Å². The van der Waals surface area contributed by atoms with Crippen LogP contribution in [-0.4, -0.2) is 9.97 Å². The Morgan fingerprint density at radius 3 is 1.11 bits per heavy atom. The summed E-state index contributed by atoms with van der Waals surface area (Å²) >= 11 is 0. The first-order chi connectivity index (χ1) is 26.3. The summed E-state index contributed by atoms with van der Waals surface area (Å²) in [5.74, 6) is 0. The maximum absolute atomic E-state index is 5.16. The Labute approximate surface area is 310 Å². The van der Waals surface area contributed by atoms with Gasteiger partial charge in [-0.1, -0.05) is 170 Å². The van der Waals surface area contributed by atoms with Gasteiger partial charge in [-0.15, -0.1) is 0 Å². The normalized spacial score (nSPS) is 11.0. The van der Waals surface area contributed by atoms with Gasteiger partial charge in [-0.25, -0.2) is 9.97 Å². The Bertz CT molecular complexity index is 2620. The molecule has 0 unspecified atom stereocenters. The van der Waals surface area contributed by atoms with Gasteiger partial charge in [-0.2, -0.15) is 0 Å². The highest BCUT2D eigenvalue weighted by Crippen LogP contribution is 2.42. The summed E-state index contributed by atoms with van der Waals surface area (Å²) in [6, 6.07) is 74.6. The van der Waals surface area contributed by atoms with Crippen LogP contribution in [0.15, 0.2) is 212 Å². The van der Waals surface area contributed by atoms with Gasteiger partial charge in [-0.05, 0) is 70.3 Å². The van der Waals surface area contributed by atoms with Crippen molar-refractivity contribution >= 4 is 28.1 Å². The zero-order chi connectivity index (χ0) is 35.4. The van der Waals surface area contributed by atoms with Gasteiger partial charge in [0.2, 0.25) is 0 Å². The van der Waals surface area contributed by atoms with Crippen molar-refractivity contribution in [2.24, 2.45) is 0 Å². The molecule has 1 aromatic heterocycles. The van der Waals surface area contributed by atoms with Gasteiger partial charge < -0.3 is 4.90 Å². The Morgan fingerprint density at radius 1 is 0.264 bits per heavy atom. The monoisotopic (exact) mass is 677 g/mol. The van der Waals surface area contributed by atoms with Crippen molar-refractivity contribution in [3.63, 3.8) is 0 Å². The van der Waals surface area contributed by atoms with Crippen LogP contribution in [0.2, 0.25) is 0 Å². The van der Waals surface area contributed by atoms with E-state index in [1.807, 2.05) is 42.5 Å². The van der Waals surface area contributed by atoms with E-state index in [2.05, 4.69) is 175 Å². The lowest BCUT2D eigenvalue weighted by molar-refractivity contribution is 1.27. The fraction of sp³-hybridized carbons (Fsp3) is 0. The van der Waals surface area contributed by atoms with E-state index in [1.165, 1.54) is 22.3 Å². The van der Waals surface area contributed by atoms with Crippen LogP contribution in [0.4, 0.5) is 17.1 Å². The maximum Gasteiger partial charge on any atom is 0.0973 e. The molecule has 9 rings (SSSR count). The Morgan fingerprint density at radius 2 is 0.604 bits per heavy atom. The van der Waals surface area contributed by atoms with Crippen LogP contribution in [-0.2, 0) is 0 Å². The third-order valence-corrected chi connectivity index (χ3v) is 9.70. The summed E-state index contributed by atoms with van der Waals surface area (Å²) in [6.07, 6.45) is 0. The van der Waals surface area contributed by atoms with Gasteiger partial charge in [0, 0.05) is 28.1 Å². The average Bonchev–Trinajstić information content (AvgIpc) is 3.25. The molecule has 0 aliphatic carbocycles. The molecular weight excluding hydrogens is 643 g/mol. The quantitative estimate of drug-likeness (QED) is 0.160. The third kappa shape index (κ3) is 6.48. The summed E-state index contributed by atoms with van der Waals surface area (Å²) in [5.41, 5.74) is 15.8. The molecule has 0 saturated carbocycles. The van der Waals surface area contributed by atoms with E-state index in [0.29, 0.717) is 0 Å². The SMILES string of the molecule is c1ccc(-c2ccc(-c3ccccc3N(c3ccc(-c4ccccc4)cc3)c3ccc(-c4nc5ccccc5nc4-c4ccccc4)cc3)cc2)cc1. The number of hydrogen-bond acceptors (Lipinski definition) is 3. The van der Waals surface area contributed by atoms with Gasteiger partial charge in [0.15, 0.2) is 0 Å². The van der Waals surface area contributed by atoms with Crippen LogP contribution in [0.25, 0.3) is 66.9 Å². The Kier molecular flexibility index (Phi) is 8.57. The lowest BCUT2D eigenvalue weighted by Gasteiger charge is -2.28. The van der Waals surface area contributed by atoms with E-state index in [9.17, 15) is 0 Å². The van der Waals surface area contributed by atoms with E-state index in [-0.39, 0.29) is 0 Å². The topological polar surface area (TPSA) is 29.0 Å². The number of fused-ring (bicyclic) bond motifs is 1. The number of nitrogens with zero attached hydrogens (tertiary/aromatic N) is 3. The molecule has 250 valence electrons. The fourth-order valence-corrected chi connectivity index (χ4v) is 7.01. The highest BCUT2D eigenvalue weighted by Gasteiger charge is 2.19. The van der Waals surface area contributed by atoms with Crippen LogP contribution >= 0.6 is 0 Å². The van der Waals surface area contributed by atoms with Crippen molar-refractivity contribution in [2.45, 2.75) is 0 Å².